The average molecular weight is 441 g/mol. The first kappa shape index (κ1) is 20.3. The minimum atomic E-state index is -1.23. The average Bonchev–Trinajstić information content (AvgIpc) is 2.72. The number of nitrogens with one attached hydrogen (secondary N) is 1. The smallest absolute Gasteiger partial charge is 0.255 e. The maximum Gasteiger partial charge on any atom is 0.255 e. The molecule has 0 bridgehead atoms. The van der Waals surface area contributed by atoms with Crippen LogP contribution in [-0.4, -0.2) is 18.9 Å². The molecule has 0 saturated carbocycles. The summed E-state index contributed by atoms with van der Waals surface area (Å²) in [4.78, 5) is 27.8. The third kappa shape index (κ3) is 3.51. The van der Waals surface area contributed by atoms with Gasteiger partial charge in [-0.2, -0.15) is 0 Å². The highest BCUT2D eigenvalue weighted by Gasteiger charge is 2.58. The van der Waals surface area contributed by atoms with Crippen LogP contribution in [0.15, 0.2) is 72.8 Å². The van der Waals surface area contributed by atoms with Crippen molar-refractivity contribution >= 4 is 46.4 Å². The molecule has 3 aromatic rings. The summed E-state index contributed by atoms with van der Waals surface area (Å²) in [5.74, 6) is 0.146. The topological polar surface area (TPSA) is 58.6 Å². The number of hydrogen-bond donors (Lipinski definition) is 1. The highest BCUT2D eigenvalue weighted by Crippen LogP contribution is 2.46. The Morgan fingerprint density at radius 2 is 1.67 bits per heavy atom. The van der Waals surface area contributed by atoms with Crippen LogP contribution in [0.5, 0.6) is 5.75 Å². The Balaban J connectivity index is 1.80. The number of anilines is 2. The quantitative estimate of drug-likeness (QED) is 0.549. The molecule has 2 amide bonds. The zero-order chi connectivity index (χ0) is 21.3. The van der Waals surface area contributed by atoms with Gasteiger partial charge in [-0.15, -0.1) is 0 Å². The number of ether oxygens (including phenoxy) is 1. The number of hydrogen-bond acceptors (Lipinski definition) is 3. The molecule has 1 atom stereocenters. The summed E-state index contributed by atoms with van der Waals surface area (Å²) in [7, 11) is 1.57. The van der Waals surface area contributed by atoms with Gasteiger partial charge in [-0.05, 0) is 54.1 Å². The lowest BCUT2D eigenvalue weighted by Crippen LogP contribution is -2.67. The van der Waals surface area contributed by atoms with E-state index in [0.717, 1.165) is 0 Å². The molecule has 1 heterocycles. The number of nitrogens with zero attached hydrogens (tertiary/aromatic N) is 1. The Kier molecular flexibility index (Phi) is 5.41. The van der Waals surface area contributed by atoms with Gasteiger partial charge < -0.3 is 10.1 Å². The Bertz CT molecular complexity index is 1120. The minimum Gasteiger partial charge on any atom is -0.497 e. The normalized spacial score (nSPS) is 18.0. The van der Waals surface area contributed by atoms with Gasteiger partial charge in [0.25, 0.3) is 5.91 Å². The largest absolute Gasteiger partial charge is 0.497 e. The number of rotatable bonds is 5. The molecule has 5 nitrogen and oxygen atoms in total. The summed E-state index contributed by atoms with van der Waals surface area (Å²) in [5.41, 5.74) is 0.542. The number of carbonyl (C=O) groups is 2. The first-order chi connectivity index (χ1) is 14.4. The van der Waals surface area contributed by atoms with Gasteiger partial charge in [0.2, 0.25) is 5.91 Å². The van der Waals surface area contributed by atoms with Crippen molar-refractivity contribution in [3.63, 3.8) is 0 Å². The van der Waals surface area contributed by atoms with Gasteiger partial charge in [0, 0.05) is 21.4 Å². The molecule has 3 aromatic carbocycles. The van der Waals surface area contributed by atoms with E-state index in [2.05, 4.69) is 5.32 Å². The van der Waals surface area contributed by atoms with Crippen LogP contribution in [-0.2, 0) is 15.1 Å². The highest BCUT2D eigenvalue weighted by atomic mass is 35.5. The van der Waals surface area contributed by atoms with Crippen molar-refractivity contribution in [2.75, 3.05) is 17.3 Å². The second-order valence-corrected chi connectivity index (χ2v) is 7.81. The van der Waals surface area contributed by atoms with Gasteiger partial charge in [0.15, 0.2) is 5.54 Å². The molecule has 152 valence electrons. The van der Waals surface area contributed by atoms with Crippen LogP contribution in [0.25, 0.3) is 0 Å². The molecular formula is C23H18Cl2N2O3. The Morgan fingerprint density at radius 3 is 2.27 bits per heavy atom. The van der Waals surface area contributed by atoms with E-state index in [1.54, 1.807) is 79.9 Å². The molecule has 1 N–H and O–H groups in total. The first-order valence-electron chi connectivity index (χ1n) is 9.24. The molecule has 0 aliphatic carbocycles. The molecule has 0 radical (unpaired) electrons. The third-order valence-corrected chi connectivity index (χ3v) is 5.60. The van der Waals surface area contributed by atoms with Crippen LogP contribution in [0.3, 0.4) is 0 Å². The van der Waals surface area contributed by atoms with Crippen molar-refractivity contribution in [3.8, 4) is 5.75 Å². The van der Waals surface area contributed by atoms with Gasteiger partial charge in [0.1, 0.15) is 5.75 Å². The summed E-state index contributed by atoms with van der Waals surface area (Å²) in [6, 6.07) is 20.9. The molecule has 1 fully saturated rings. The van der Waals surface area contributed by atoms with Gasteiger partial charge in [-0.25, -0.2) is 0 Å². The molecule has 1 aliphatic rings. The summed E-state index contributed by atoms with van der Waals surface area (Å²) in [6.45, 7) is 0. The van der Waals surface area contributed by atoms with Crippen LogP contribution >= 0.6 is 23.2 Å². The maximum absolute atomic E-state index is 13.6. The van der Waals surface area contributed by atoms with E-state index in [9.17, 15) is 9.59 Å². The van der Waals surface area contributed by atoms with E-state index in [0.29, 0.717) is 32.7 Å². The number of halogens is 2. The van der Waals surface area contributed by atoms with Crippen LogP contribution in [0.4, 0.5) is 11.4 Å². The van der Waals surface area contributed by atoms with Crippen LogP contribution in [0, 0.1) is 0 Å². The Labute approximate surface area is 184 Å². The fourth-order valence-electron chi connectivity index (χ4n) is 3.69. The molecule has 4 rings (SSSR count). The molecule has 7 heteroatoms. The predicted octanol–water partition coefficient (Wildman–Crippen LogP) is 5.27. The molecule has 0 spiro atoms. The monoisotopic (exact) mass is 440 g/mol. The molecule has 30 heavy (non-hydrogen) atoms. The maximum atomic E-state index is 13.6. The number of carbonyl (C=O) groups excluding carboxylic acids is 2. The summed E-state index contributed by atoms with van der Waals surface area (Å²) >= 11 is 12.2. The number of benzene rings is 3. The lowest BCUT2D eigenvalue weighted by molar-refractivity contribution is -0.137. The second kappa shape index (κ2) is 8.01. The lowest BCUT2D eigenvalue weighted by atomic mass is 9.76. The van der Waals surface area contributed by atoms with Gasteiger partial charge in [-0.1, -0.05) is 47.5 Å². The van der Waals surface area contributed by atoms with Crippen LogP contribution in [0.1, 0.15) is 12.0 Å². The number of methoxy groups -OCH3 is 1. The minimum absolute atomic E-state index is 0.0260. The molecule has 1 aliphatic heterocycles. The summed E-state index contributed by atoms with van der Waals surface area (Å²) in [5, 5.41) is 3.89. The third-order valence-electron chi connectivity index (χ3n) is 5.13. The molecule has 1 saturated heterocycles. The number of β-lactam (4-membered cyclic amide) rings is 1. The van der Waals surface area contributed by atoms with Crippen molar-refractivity contribution in [3.05, 3.63) is 88.4 Å². The zero-order valence-electron chi connectivity index (χ0n) is 16.1. The van der Waals surface area contributed by atoms with Gasteiger partial charge in [0.05, 0.1) is 13.5 Å². The van der Waals surface area contributed by atoms with E-state index in [-0.39, 0.29) is 18.2 Å². The SMILES string of the molecule is COc1ccc(C2(C(=O)Nc3cccc(Cl)c3)CC(=O)N2c2cccc(Cl)c2)cc1. The van der Waals surface area contributed by atoms with E-state index >= 15 is 0 Å². The highest BCUT2D eigenvalue weighted by molar-refractivity contribution is 6.31. The fourth-order valence-corrected chi connectivity index (χ4v) is 4.06. The van der Waals surface area contributed by atoms with Crippen molar-refractivity contribution in [2.45, 2.75) is 12.0 Å². The first-order valence-corrected chi connectivity index (χ1v) is 10.00. The summed E-state index contributed by atoms with van der Waals surface area (Å²) in [6.07, 6.45) is 0.0260. The van der Waals surface area contributed by atoms with Crippen molar-refractivity contribution in [1.82, 2.24) is 0 Å². The van der Waals surface area contributed by atoms with Crippen molar-refractivity contribution in [1.29, 1.82) is 0 Å². The fraction of sp³-hybridized carbons (Fsp3) is 0.130. The van der Waals surface area contributed by atoms with Crippen LogP contribution < -0.4 is 15.0 Å². The molecule has 1 unspecified atom stereocenters. The lowest BCUT2D eigenvalue weighted by Gasteiger charge is -2.50. The van der Waals surface area contributed by atoms with E-state index in [1.807, 2.05) is 0 Å². The van der Waals surface area contributed by atoms with Crippen molar-refractivity contribution in [2.24, 2.45) is 0 Å². The predicted molar refractivity (Wildman–Crippen MR) is 118 cm³/mol. The van der Waals surface area contributed by atoms with Crippen LogP contribution in [0.2, 0.25) is 10.0 Å². The van der Waals surface area contributed by atoms with Crippen molar-refractivity contribution < 1.29 is 14.3 Å². The molecular weight excluding hydrogens is 423 g/mol. The summed E-state index contributed by atoms with van der Waals surface area (Å²) < 4.78 is 5.24. The molecule has 0 aromatic heterocycles. The van der Waals surface area contributed by atoms with E-state index < -0.39 is 5.54 Å². The van der Waals surface area contributed by atoms with E-state index in [1.165, 1.54) is 4.90 Å². The van der Waals surface area contributed by atoms with E-state index in [4.69, 9.17) is 27.9 Å². The zero-order valence-corrected chi connectivity index (χ0v) is 17.6. The second-order valence-electron chi connectivity index (χ2n) is 6.94. The van der Waals surface area contributed by atoms with Gasteiger partial charge >= 0.3 is 0 Å². The Morgan fingerprint density at radius 1 is 1.00 bits per heavy atom. The van der Waals surface area contributed by atoms with Gasteiger partial charge in [-0.3, -0.25) is 14.5 Å². The standard InChI is InChI=1S/C23H18Cl2N2O3/c1-30-20-10-8-15(9-11-20)23(22(29)26-18-6-2-4-16(24)12-18)14-21(28)27(23)19-7-3-5-17(25)13-19/h2-13H,14H2,1H3,(H,26,29). The number of amides is 2. The Hall–Kier alpha value is -3.02.